The van der Waals surface area contributed by atoms with Crippen LogP contribution in [0.4, 0.5) is 0 Å². The monoisotopic (exact) mass is 360 g/mol. The number of benzene rings is 1. The molecule has 1 aromatic rings. The van der Waals surface area contributed by atoms with Gasteiger partial charge in [0.25, 0.3) is 5.91 Å². The number of hydrogen-bond donors (Lipinski definition) is 2. The van der Waals surface area contributed by atoms with E-state index in [0.29, 0.717) is 24.6 Å². The highest BCUT2D eigenvalue weighted by Gasteiger charge is 2.19. The van der Waals surface area contributed by atoms with E-state index < -0.39 is 0 Å². The number of rotatable bonds is 8. The highest BCUT2D eigenvalue weighted by atomic mass is 16.5. The summed E-state index contributed by atoms with van der Waals surface area (Å²) in [5, 5.41) is 6.26. The molecule has 0 bridgehead atoms. The van der Waals surface area contributed by atoms with Crippen molar-refractivity contribution in [3.8, 4) is 0 Å². The third kappa shape index (κ3) is 6.33. The average molecular weight is 361 g/mol. The fourth-order valence-corrected chi connectivity index (χ4v) is 2.99. The molecule has 1 fully saturated rings. The summed E-state index contributed by atoms with van der Waals surface area (Å²) in [7, 11) is 2.06. The molecule has 2 N–H and O–H groups in total. The first-order valence-corrected chi connectivity index (χ1v) is 9.58. The summed E-state index contributed by atoms with van der Waals surface area (Å²) in [5.41, 5.74) is 1.72. The van der Waals surface area contributed by atoms with Crippen molar-refractivity contribution in [2.75, 3.05) is 39.9 Å². The molecule has 26 heavy (non-hydrogen) atoms. The van der Waals surface area contributed by atoms with Crippen LogP contribution >= 0.6 is 0 Å². The normalized spacial score (nSPS) is 17.2. The number of carbonyl (C=O) groups is 1. The Morgan fingerprint density at radius 3 is 2.88 bits per heavy atom. The van der Waals surface area contributed by atoms with Gasteiger partial charge in [-0.1, -0.05) is 19.1 Å². The number of ether oxygens (including phenoxy) is 1. The zero-order valence-electron chi connectivity index (χ0n) is 16.3. The van der Waals surface area contributed by atoms with Gasteiger partial charge in [0, 0.05) is 44.8 Å². The molecule has 0 radical (unpaired) electrons. The largest absolute Gasteiger partial charge is 0.381 e. The Labute approximate surface area is 157 Å². The Bertz CT molecular complexity index is 597. The van der Waals surface area contributed by atoms with E-state index in [0.717, 1.165) is 50.7 Å². The molecule has 6 heteroatoms. The predicted octanol–water partition coefficient (Wildman–Crippen LogP) is 2.26. The van der Waals surface area contributed by atoms with Crippen LogP contribution in [-0.2, 0) is 11.3 Å². The second-order valence-electron chi connectivity index (χ2n) is 6.74. The van der Waals surface area contributed by atoms with E-state index in [-0.39, 0.29) is 5.91 Å². The van der Waals surface area contributed by atoms with Crippen LogP contribution < -0.4 is 10.6 Å². The van der Waals surface area contributed by atoms with Gasteiger partial charge in [0.1, 0.15) is 0 Å². The molecule has 1 saturated heterocycles. The van der Waals surface area contributed by atoms with Crippen LogP contribution in [0.25, 0.3) is 0 Å². The molecule has 0 aliphatic carbocycles. The van der Waals surface area contributed by atoms with Crippen molar-refractivity contribution in [2.45, 2.75) is 33.2 Å². The second-order valence-corrected chi connectivity index (χ2v) is 6.74. The fraction of sp³-hybridized carbons (Fsp3) is 0.600. The van der Waals surface area contributed by atoms with Crippen molar-refractivity contribution in [1.82, 2.24) is 15.5 Å². The van der Waals surface area contributed by atoms with Crippen molar-refractivity contribution >= 4 is 11.9 Å². The average Bonchev–Trinajstić information content (AvgIpc) is 3.16. The number of carbonyl (C=O) groups excluding carboxylic acids is 1. The molecule has 1 atom stereocenters. The van der Waals surface area contributed by atoms with Crippen LogP contribution in [0.2, 0.25) is 0 Å². The summed E-state index contributed by atoms with van der Waals surface area (Å²) in [6.07, 6.45) is 2.04. The molecule has 0 saturated carbocycles. The molecule has 144 valence electrons. The van der Waals surface area contributed by atoms with Gasteiger partial charge < -0.3 is 20.3 Å². The van der Waals surface area contributed by atoms with E-state index in [9.17, 15) is 4.79 Å². The standard InChI is InChI=1S/C20H32N4O2/c1-4-10-22-19(25)18-8-6-7-16(12-18)13-23-20(21-5-2)24(3)14-17-9-11-26-15-17/h6-8,12,17H,4-5,9-11,13-15H2,1-3H3,(H,21,23)(H,22,25). The van der Waals surface area contributed by atoms with E-state index >= 15 is 0 Å². The van der Waals surface area contributed by atoms with Crippen molar-refractivity contribution in [1.29, 1.82) is 0 Å². The number of guanidine groups is 1. The Kier molecular flexibility index (Phi) is 8.41. The second kappa shape index (κ2) is 10.8. The molecule has 1 heterocycles. The minimum Gasteiger partial charge on any atom is -0.381 e. The maximum Gasteiger partial charge on any atom is 0.251 e. The predicted molar refractivity (Wildman–Crippen MR) is 105 cm³/mol. The number of nitrogens with zero attached hydrogens (tertiary/aromatic N) is 2. The van der Waals surface area contributed by atoms with Crippen LogP contribution in [-0.4, -0.2) is 56.7 Å². The Morgan fingerprint density at radius 1 is 1.35 bits per heavy atom. The maximum atomic E-state index is 12.1. The minimum atomic E-state index is -0.0251. The molecular formula is C20H32N4O2. The first-order chi connectivity index (χ1) is 12.6. The van der Waals surface area contributed by atoms with Crippen molar-refractivity contribution in [3.05, 3.63) is 35.4 Å². The van der Waals surface area contributed by atoms with Gasteiger partial charge in [-0.3, -0.25) is 4.79 Å². The molecule has 2 rings (SSSR count). The van der Waals surface area contributed by atoms with E-state index in [1.54, 1.807) is 0 Å². The van der Waals surface area contributed by atoms with Gasteiger partial charge in [0.15, 0.2) is 5.96 Å². The lowest BCUT2D eigenvalue weighted by Gasteiger charge is -2.24. The summed E-state index contributed by atoms with van der Waals surface area (Å²) in [6.45, 7) is 8.81. The molecule has 0 spiro atoms. The van der Waals surface area contributed by atoms with Crippen molar-refractivity contribution < 1.29 is 9.53 Å². The van der Waals surface area contributed by atoms with Gasteiger partial charge in [0.2, 0.25) is 0 Å². The molecule has 1 aromatic carbocycles. The SMILES string of the molecule is CCCNC(=O)c1cccc(CN=C(NCC)N(C)CC2CCOC2)c1. The summed E-state index contributed by atoms with van der Waals surface area (Å²) in [6, 6.07) is 7.69. The van der Waals surface area contributed by atoms with Crippen molar-refractivity contribution in [3.63, 3.8) is 0 Å². The van der Waals surface area contributed by atoms with Crippen molar-refractivity contribution in [2.24, 2.45) is 10.9 Å². The molecule has 1 aliphatic rings. The Balaban J connectivity index is 2.00. The highest BCUT2D eigenvalue weighted by Crippen LogP contribution is 2.13. The van der Waals surface area contributed by atoms with Crippen LogP contribution in [0.1, 0.15) is 42.6 Å². The molecule has 1 unspecified atom stereocenters. The van der Waals surface area contributed by atoms with Gasteiger partial charge in [-0.05, 0) is 37.5 Å². The van der Waals surface area contributed by atoms with Crippen LogP contribution in [0.5, 0.6) is 0 Å². The molecule has 0 aromatic heterocycles. The van der Waals surface area contributed by atoms with E-state index in [1.165, 1.54) is 0 Å². The first-order valence-electron chi connectivity index (χ1n) is 9.58. The van der Waals surface area contributed by atoms with E-state index in [1.807, 2.05) is 31.2 Å². The van der Waals surface area contributed by atoms with Gasteiger partial charge in [-0.15, -0.1) is 0 Å². The smallest absolute Gasteiger partial charge is 0.251 e. The number of hydrogen-bond acceptors (Lipinski definition) is 3. The Morgan fingerprint density at radius 2 is 2.19 bits per heavy atom. The Hall–Kier alpha value is -2.08. The highest BCUT2D eigenvalue weighted by molar-refractivity contribution is 5.94. The topological polar surface area (TPSA) is 66.0 Å². The van der Waals surface area contributed by atoms with Crippen LogP contribution in [0.3, 0.4) is 0 Å². The molecule has 6 nitrogen and oxygen atoms in total. The summed E-state index contributed by atoms with van der Waals surface area (Å²) in [5.74, 6) is 1.43. The van der Waals surface area contributed by atoms with Gasteiger partial charge in [0.05, 0.1) is 13.2 Å². The van der Waals surface area contributed by atoms with Crippen LogP contribution in [0, 0.1) is 5.92 Å². The number of aliphatic imine (C=N–C) groups is 1. The number of amides is 1. The fourth-order valence-electron chi connectivity index (χ4n) is 2.99. The van der Waals surface area contributed by atoms with E-state index in [4.69, 9.17) is 9.73 Å². The van der Waals surface area contributed by atoms with Gasteiger partial charge in [-0.2, -0.15) is 0 Å². The summed E-state index contributed by atoms with van der Waals surface area (Å²) in [4.78, 5) is 19.0. The molecular weight excluding hydrogens is 328 g/mol. The lowest BCUT2D eigenvalue weighted by Crippen LogP contribution is -2.41. The lowest BCUT2D eigenvalue weighted by molar-refractivity contribution is 0.0953. The van der Waals surface area contributed by atoms with Gasteiger partial charge >= 0.3 is 0 Å². The zero-order chi connectivity index (χ0) is 18.8. The molecule has 1 aliphatic heterocycles. The quantitative estimate of drug-likeness (QED) is 0.551. The summed E-state index contributed by atoms with van der Waals surface area (Å²) < 4.78 is 5.47. The molecule has 1 amide bonds. The maximum absolute atomic E-state index is 12.1. The third-order valence-corrected chi connectivity index (χ3v) is 4.39. The number of nitrogens with one attached hydrogen (secondary N) is 2. The zero-order valence-corrected chi connectivity index (χ0v) is 16.3. The van der Waals surface area contributed by atoms with Crippen LogP contribution in [0.15, 0.2) is 29.3 Å². The minimum absolute atomic E-state index is 0.0251. The van der Waals surface area contributed by atoms with Gasteiger partial charge in [-0.25, -0.2) is 4.99 Å². The third-order valence-electron chi connectivity index (χ3n) is 4.39. The summed E-state index contributed by atoms with van der Waals surface area (Å²) >= 11 is 0. The van der Waals surface area contributed by atoms with E-state index in [2.05, 4.69) is 29.5 Å². The first kappa shape index (κ1) is 20.2. The lowest BCUT2D eigenvalue weighted by atomic mass is 10.1.